The number of anilines is 2. The minimum atomic E-state index is -0.606. The molecule has 1 aromatic rings. The molecule has 1 fully saturated rings. The summed E-state index contributed by atoms with van der Waals surface area (Å²) in [4.78, 5) is 14.6. The van der Waals surface area contributed by atoms with Gasteiger partial charge in [0, 0.05) is 31.0 Å². The summed E-state index contributed by atoms with van der Waals surface area (Å²) in [6.07, 6.45) is 1.30. The lowest BCUT2D eigenvalue weighted by atomic mass is 9.81. The lowest BCUT2D eigenvalue weighted by Gasteiger charge is -2.30. The molecule has 0 bridgehead atoms. The van der Waals surface area contributed by atoms with E-state index in [0.717, 1.165) is 5.69 Å². The van der Waals surface area contributed by atoms with E-state index < -0.39 is 5.41 Å². The number of hydrogen-bond acceptors (Lipinski definition) is 4. The first-order chi connectivity index (χ1) is 11.0. The van der Waals surface area contributed by atoms with Crippen molar-refractivity contribution in [1.82, 2.24) is 0 Å². The van der Waals surface area contributed by atoms with E-state index in [2.05, 4.69) is 10.2 Å². The molecule has 25 heavy (non-hydrogen) atoms. The van der Waals surface area contributed by atoms with Crippen molar-refractivity contribution in [2.75, 3.05) is 43.1 Å². The van der Waals surface area contributed by atoms with E-state index in [4.69, 9.17) is 10.5 Å². The maximum atomic E-state index is 13.9. The molecule has 0 unspecified atom stereocenters. The molecule has 1 aliphatic heterocycles. The third-order valence-corrected chi connectivity index (χ3v) is 4.74. The van der Waals surface area contributed by atoms with Gasteiger partial charge >= 0.3 is 0 Å². The molecule has 2 rings (SSSR count). The predicted molar refractivity (Wildman–Crippen MR) is 105 cm³/mol. The smallest absolute Gasteiger partial charge is 0.231 e. The van der Waals surface area contributed by atoms with Crippen LogP contribution in [-0.2, 0) is 9.53 Å². The highest BCUT2D eigenvalue weighted by molar-refractivity contribution is 5.95. The Balaban J connectivity index is 0.00000288. The second kappa shape index (κ2) is 10.8. The summed E-state index contributed by atoms with van der Waals surface area (Å²) in [7, 11) is 0. The maximum absolute atomic E-state index is 13.9. The second-order valence-electron chi connectivity index (χ2n) is 5.94. The maximum Gasteiger partial charge on any atom is 0.231 e. The van der Waals surface area contributed by atoms with Crippen molar-refractivity contribution < 1.29 is 13.9 Å². The van der Waals surface area contributed by atoms with Crippen molar-refractivity contribution in [2.45, 2.75) is 26.7 Å². The normalized spacial score (nSPS) is 14.3. The monoisotopic (exact) mass is 395 g/mol. The van der Waals surface area contributed by atoms with E-state index in [-0.39, 0.29) is 43.1 Å². The number of ether oxygens (including phenoxy) is 1. The van der Waals surface area contributed by atoms with Gasteiger partial charge in [0.05, 0.1) is 18.6 Å². The molecule has 0 saturated carbocycles. The van der Waals surface area contributed by atoms with Crippen LogP contribution in [0.3, 0.4) is 0 Å². The van der Waals surface area contributed by atoms with Crippen LogP contribution in [-0.4, -0.2) is 38.8 Å². The zero-order chi connectivity index (χ0) is 16.9. The number of rotatable bonds is 6. The van der Waals surface area contributed by atoms with Crippen LogP contribution < -0.4 is 16.0 Å². The lowest BCUT2D eigenvalue weighted by molar-refractivity contribution is -0.125. The largest absolute Gasteiger partial charge is 0.378 e. The Hall–Kier alpha value is -1.08. The third kappa shape index (κ3) is 5.71. The Morgan fingerprint density at radius 2 is 1.84 bits per heavy atom. The van der Waals surface area contributed by atoms with Gasteiger partial charge in [0.25, 0.3) is 0 Å². The van der Waals surface area contributed by atoms with Gasteiger partial charge in [-0.15, -0.1) is 24.8 Å². The molecule has 0 aliphatic carbocycles. The van der Waals surface area contributed by atoms with Gasteiger partial charge in [0.2, 0.25) is 5.91 Å². The first-order valence-electron chi connectivity index (χ1n) is 8.19. The third-order valence-electron chi connectivity index (χ3n) is 4.74. The zero-order valence-electron chi connectivity index (χ0n) is 14.7. The number of nitrogens with zero attached hydrogens (tertiary/aromatic N) is 1. The number of carbonyl (C=O) groups is 1. The van der Waals surface area contributed by atoms with Crippen LogP contribution in [0.25, 0.3) is 0 Å². The molecule has 3 N–H and O–H groups in total. The number of hydrogen-bond donors (Lipinski definition) is 2. The van der Waals surface area contributed by atoms with Crippen LogP contribution in [0.1, 0.15) is 26.7 Å². The fourth-order valence-corrected chi connectivity index (χ4v) is 2.87. The molecule has 8 heteroatoms. The molecular formula is C17H28Cl2FN3O2. The Morgan fingerprint density at radius 1 is 1.24 bits per heavy atom. The molecule has 0 atom stereocenters. The van der Waals surface area contributed by atoms with E-state index >= 15 is 0 Å². The van der Waals surface area contributed by atoms with Crippen LogP contribution in [0, 0.1) is 11.2 Å². The fraction of sp³-hybridized carbons (Fsp3) is 0.588. The highest BCUT2D eigenvalue weighted by Gasteiger charge is 2.33. The average Bonchev–Trinajstić information content (AvgIpc) is 2.57. The number of halogens is 3. The molecule has 1 aromatic carbocycles. The van der Waals surface area contributed by atoms with Crippen LogP contribution in [0.15, 0.2) is 18.2 Å². The summed E-state index contributed by atoms with van der Waals surface area (Å²) < 4.78 is 19.3. The minimum absolute atomic E-state index is 0. The molecular weight excluding hydrogens is 368 g/mol. The van der Waals surface area contributed by atoms with Gasteiger partial charge in [-0.2, -0.15) is 0 Å². The number of benzene rings is 1. The number of carbonyl (C=O) groups excluding carboxylic acids is 1. The molecule has 1 saturated heterocycles. The van der Waals surface area contributed by atoms with E-state index in [0.29, 0.717) is 44.8 Å². The fourth-order valence-electron chi connectivity index (χ4n) is 2.87. The SMILES string of the molecule is CCC(CC)(CN)C(=O)Nc1cc(F)cc(N2CCOCC2)c1.Cl.Cl. The average molecular weight is 396 g/mol. The van der Waals surface area contributed by atoms with Crippen molar-refractivity contribution in [3.63, 3.8) is 0 Å². The van der Waals surface area contributed by atoms with Gasteiger partial charge in [0.15, 0.2) is 0 Å². The second-order valence-corrected chi connectivity index (χ2v) is 5.94. The molecule has 1 heterocycles. The van der Waals surface area contributed by atoms with Crippen molar-refractivity contribution in [1.29, 1.82) is 0 Å². The van der Waals surface area contributed by atoms with Gasteiger partial charge in [-0.1, -0.05) is 13.8 Å². The Kier molecular flexibility index (Phi) is 10.3. The summed E-state index contributed by atoms with van der Waals surface area (Å²) in [5, 5.41) is 2.84. The lowest BCUT2D eigenvalue weighted by Crippen LogP contribution is -2.41. The Labute approximate surface area is 161 Å². The van der Waals surface area contributed by atoms with Crippen molar-refractivity contribution in [3.8, 4) is 0 Å². The predicted octanol–water partition coefficient (Wildman–Crippen LogP) is 3.21. The number of amides is 1. The number of morpholine rings is 1. The number of nitrogens with one attached hydrogen (secondary N) is 1. The molecule has 0 aromatic heterocycles. The van der Waals surface area contributed by atoms with Crippen LogP contribution >= 0.6 is 24.8 Å². The summed E-state index contributed by atoms with van der Waals surface area (Å²) in [6, 6.07) is 4.63. The molecule has 0 radical (unpaired) electrons. The minimum Gasteiger partial charge on any atom is -0.378 e. The quantitative estimate of drug-likeness (QED) is 0.775. The first-order valence-corrected chi connectivity index (χ1v) is 8.19. The zero-order valence-corrected chi connectivity index (χ0v) is 16.4. The summed E-state index contributed by atoms with van der Waals surface area (Å²) >= 11 is 0. The number of nitrogens with two attached hydrogens (primary N) is 1. The van der Waals surface area contributed by atoms with E-state index in [1.54, 1.807) is 6.07 Å². The highest BCUT2D eigenvalue weighted by Crippen LogP contribution is 2.29. The van der Waals surface area contributed by atoms with Crippen molar-refractivity contribution in [2.24, 2.45) is 11.1 Å². The molecule has 1 amide bonds. The van der Waals surface area contributed by atoms with E-state index in [9.17, 15) is 9.18 Å². The molecule has 1 aliphatic rings. The van der Waals surface area contributed by atoms with Gasteiger partial charge < -0.3 is 20.7 Å². The summed E-state index contributed by atoms with van der Waals surface area (Å²) in [5.41, 5.74) is 6.43. The first kappa shape index (κ1) is 23.9. The highest BCUT2D eigenvalue weighted by atomic mass is 35.5. The van der Waals surface area contributed by atoms with Crippen LogP contribution in [0.2, 0.25) is 0 Å². The van der Waals surface area contributed by atoms with E-state index in [1.165, 1.54) is 12.1 Å². The van der Waals surface area contributed by atoms with Crippen molar-refractivity contribution in [3.05, 3.63) is 24.0 Å². The molecule has 144 valence electrons. The van der Waals surface area contributed by atoms with Crippen LogP contribution in [0.4, 0.5) is 15.8 Å². The van der Waals surface area contributed by atoms with Gasteiger partial charge in [-0.05, 0) is 31.0 Å². The Morgan fingerprint density at radius 3 is 2.36 bits per heavy atom. The van der Waals surface area contributed by atoms with Gasteiger partial charge in [-0.25, -0.2) is 4.39 Å². The van der Waals surface area contributed by atoms with Gasteiger partial charge in [-0.3, -0.25) is 4.79 Å². The van der Waals surface area contributed by atoms with Gasteiger partial charge in [0.1, 0.15) is 5.82 Å². The Bertz CT molecular complexity index is 542. The van der Waals surface area contributed by atoms with Crippen molar-refractivity contribution >= 4 is 42.1 Å². The summed E-state index contributed by atoms with van der Waals surface area (Å²) in [5.74, 6) is -0.515. The van der Waals surface area contributed by atoms with E-state index in [1.807, 2.05) is 13.8 Å². The molecule has 5 nitrogen and oxygen atoms in total. The van der Waals surface area contributed by atoms with Crippen LogP contribution in [0.5, 0.6) is 0 Å². The topological polar surface area (TPSA) is 67.6 Å². The molecule has 0 spiro atoms. The summed E-state index contributed by atoms with van der Waals surface area (Å²) in [6.45, 7) is 6.85. The standard InChI is InChI=1S/C17H26FN3O2.2ClH/c1-3-17(4-2,12-19)16(22)20-14-9-13(18)10-15(11-14)21-5-7-23-8-6-21;;/h9-11H,3-8,12,19H2,1-2H3,(H,20,22);2*1H.